The second-order valence-corrected chi connectivity index (χ2v) is 5.31. The standard InChI is InChI=1S/C11H15BrN2O2/c1-3-11(16)6-14(7-11)10(15)9-4-8(12)5-13(9)2/h4-5,16H,3,6-7H2,1-2H3. The first-order valence-corrected chi connectivity index (χ1v) is 6.08. The van der Waals surface area contributed by atoms with Crippen molar-refractivity contribution in [1.82, 2.24) is 9.47 Å². The van der Waals surface area contributed by atoms with Gasteiger partial charge in [-0.2, -0.15) is 0 Å². The number of carbonyl (C=O) groups excluding carboxylic acids is 1. The summed E-state index contributed by atoms with van der Waals surface area (Å²) in [6.45, 7) is 2.80. The first-order valence-electron chi connectivity index (χ1n) is 5.29. The maximum atomic E-state index is 12.0. The molecule has 1 aromatic rings. The maximum absolute atomic E-state index is 12.0. The third-order valence-electron chi connectivity index (χ3n) is 3.11. The fourth-order valence-electron chi connectivity index (χ4n) is 1.93. The van der Waals surface area contributed by atoms with Crippen LogP contribution in [0, 0.1) is 0 Å². The van der Waals surface area contributed by atoms with Gasteiger partial charge in [0.15, 0.2) is 0 Å². The Hall–Kier alpha value is -0.810. The smallest absolute Gasteiger partial charge is 0.270 e. The lowest BCUT2D eigenvalue weighted by molar-refractivity contribution is -0.0829. The van der Waals surface area contributed by atoms with Crippen molar-refractivity contribution in [3.8, 4) is 0 Å². The minimum atomic E-state index is -0.669. The van der Waals surface area contributed by atoms with E-state index in [1.807, 2.05) is 20.2 Å². The summed E-state index contributed by atoms with van der Waals surface area (Å²) in [5.41, 5.74) is -0.0251. The number of hydrogen-bond donors (Lipinski definition) is 1. The van der Waals surface area contributed by atoms with Crippen molar-refractivity contribution in [2.75, 3.05) is 13.1 Å². The summed E-state index contributed by atoms with van der Waals surface area (Å²) in [6, 6.07) is 1.80. The molecule has 0 spiro atoms. The molecule has 1 fully saturated rings. The molecule has 0 aliphatic carbocycles. The third-order valence-corrected chi connectivity index (χ3v) is 3.54. The highest BCUT2D eigenvalue weighted by Gasteiger charge is 2.42. The van der Waals surface area contributed by atoms with E-state index >= 15 is 0 Å². The van der Waals surface area contributed by atoms with Gasteiger partial charge in [0.25, 0.3) is 5.91 Å². The Bertz CT molecular complexity index is 422. The number of hydrogen-bond acceptors (Lipinski definition) is 2. The second-order valence-electron chi connectivity index (χ2n) is 4.39. The first-order chi connectivity index (χ1) is 7.45. The van der Waals surface area contributed by atoms with Gasteiger partial charge in [0.2, 0.25) is 0 Å². The van der Waals surface area contributed by atoms with Crippen molar-refractivity contribution in [2.45, 2.75) is 18.9 Å². The van der Waals surface area contributed by atoms with E-state index < -0.39 is 5.60 Å². The van der Waals surface area contributed by atoms with Gasteiger partial charge in [-0.15, -0.1) is 0 Å². The van der Waals surface area contributed by atoms with Crippen LogP contribution < -0.4 is 0 Å². The van der Waals surface area contributed by atoms with Crippen molar-refractivity contribution >= 4 is 21.8 Å². The molecule has 0 bridgehead atoms. The van der Waals surface area contributed by atoms with Gasteiger partial charge < -0.3 is 14.6 Å². The summed E-state index contributed by atoms with van der Waals surface area (Å²) in [5.74, 6) is -0.0219. The monoisotopic (exact) mass is 286 g/mol. The molecule has 2 rings (SSSR count). The van der Waals surface area contributed by atoms with E-state index in [1.165, 1.54) is 0 Å². The zero-order valence-corrected chi connectivity index (χ0v) is 11.0. The highest BCUT2D eigenvalue weighted by Crippen LogP contribution is 2.26. The number of rotatable bonds is 2. The Labute approximate surface area is 103 Å². The molecule has 1 aliphatic heterocycles. The summed E-state index contributed by atoms with van der Waals surface area (Å²) < 4.78 is 2.68. The fourth-order valence-corrected chi connectivity index (χ4v) is 2.45. The van der Waals surface area contributed by atoms with Crippen LogP contribution in [0.3, 0.4) is 0 Å². The molecule has 0 saturated carbocycles. The molecule has 1 N–H and O–H groups in total. The SMILES string of the molecule is CCC1(O)CN(C(=O)c2cc(Br)cn2C)C1. The lowest BCUT2D eigenvalue weighted by atomic mass is 9.91. The van der Waals surface area contributed by atoms with Crippen LogP contribution in [0.2, 0.25) is 0 Å². The Morgan fingerprint density at radius 1 is 1.62 bits per heavy atom. The molecule has 5 heteroatoms. The van der Waals surface area contributed by atoms with Crippen LogP contribution in [0.1, 0.15) is 23.8 Å². The van der Waals surface area contributed by atoms with Crippen LogP contribution in [-0.4, -0.2) is 39.2 Å². The normalized spacial score (nSPS) is 18.4. The van der Waals surface area contributed by atoms with E-state index in [9.17, 15) is 9.90 Å². The van der Waals surface area contributed by atoms with E-state index in [4.69, 9.17) is 0 Å². The van der Waals surface area contributed by atoms with Crippen LogP contribution in [0.15, 0.2) is 16.7 Å². The van der Waals surface area contributed by atoms with E-state index in [0.29, 0.717) is 25.2 Å². The zero-order valence-electron chi connectivity index (χ0n) is 9.40. The van der Waals surface area contributed by atoms with Gasteiger partial charge in [0.1, 0.15) is 5.69 Å². The van der Waals surface area contributed by atoms with Crippen LogP contribution in [0.4, 0.5) is 0 Å². The van der Waals surface area contributed by atoms with E-state index in [1.54, 1.807) is 15.5 Å². The summed E-state index contributed by atoms with van der Waals surface area (Å²) >= 11 is 3.34. The predicted octanol–water partition coefficient (Wildman–Crippen LogP) is 1.38. The predicted molar refractivity (Wildman–Crippen MR) is 64.3 cm³/mol. The van der Waals surface area contributed by atoms with E-state index in [2.05, 4.69) is 15.9 Å². The van der Waals surface area contributed by atoms with Crippen molar-refractivity contribution in [1.29, 1.82) is 0 Å². The van der Waals surface area contributed by atoms with Crippen molar-refractivity contribution in [3.05, 3.63) is 22.4 Å². The molecule has 2 heterocycles. The first kappa shape index (κ1) is 11.7. The largest absolute Gasteiger partial charge is 0.386 e. The number of carbonyl (C=O) groups is 1. The van der Waals surface area contributed by atoms with Crippen LogP contribution in [0.5, 0.6) is 0 Å². The fraction of sp³-hybridized carbons (Fsp3) is 0.545. The van der Waals surface area contributed by atoms with Gasteiger partial charge in [0, 0.05) is 17.7 Å². The van der Waals surface area contributed by atoms with Crippen LogP contribution in [0.25, 0.3) is 0 Å². The Morgan fingerprint density at radius 3 is 2.69 bits per heavy atom. The van der Waals surface area contributed by atoms with Gasteiger partial charge in [-0.25, -0.2) is 0 Å². The van der Waals surface area contributed by atoms with Gasteiger partial charge in [-0.1, -0.05) is 6.92 Å². The molecule has 0 atom stereocenters. The highest BCUT2D eigenvalue weighted by molar-refractivity contribution is 9.10. The third kappa shape index (κ3) is 1.89. The maximum Gasteiger partial charge on any atom is 0.270 e. The average Bonchev–Trinajstić information content (AvgIpc) is 2.52. The number of aromatic nitrogens is 1. The Morgan fingerprint density at radius 2 is 2.25 bits per heavy atom. The number of halogens is 1. The summed E-state index contributed by atoms with van der Waals surface area (Å²) in [6.07, 6.45) is 2.53. The minimum absolute atomic E-state index is 0.0219. The van der Waals surface area contributed by atoms with E-state index in [0.717, 1.165) is 4.47 Å². The van der Waals surface area contributed by atoms with E-state index in [-0.39, 0.29) is 5.91 Å². The van der Waals surface area contributed by atoms with Crippen LogP contribution >= 0.6 is 15.9 Å². The molecular formula is C11H15BrN2O2. The number of likely N-dealkylation sites (tertiary alicyclic amines) is 1. The van der Waals surface area contributed by atoms with Gasteiger partial charge >= 0.3 is 0 Å². The molecule has 1 amide bonds. The molecule has 0 unspecified atom stereocenters. The molecule has 16 heavy (non-hydrogen) atoms. The van der Waals surface area contributed by atoms with Crippen molar-refractivity contribution in [2.24, 2.45) is 7.05 Å². The highest BCUT2D eigenvalue weighted by atomic mass is 79.9. The Kier molecular flexibility index (Phi) is 2.84. The molecule has 1 aromatic heterocycles. The van der Waals surface area contributed by atoms with Gasteiger partial charge in [-0.3, -0.25) is 4.79 Å². The van der Waals surface area contributed by atoms with Crippen molar-refractivity contribution < 1.29 is 9.90 Å². The number of nitrogens with zero attached hydrogens (tertiary/aromatic N) is 2. The lowest BCUT2D eigenvalue weighted by Gasteiger charge is -2.46. The summed E-state index contributed by atoms with van der Waals surface area (Å²) in [4.78, 5) is 13.7. The molecule has 1 aliphatic rings. The molecule has 88 valence electrons. The second kappa shape index (κ2) is 3.89. The number of β-amino-alcohol motifs (C(OH)–C–C–N with tert-alkyl or cyclic N) is 1. The molecule has 0 radical (unpaired) electrons. The number of aliphatic hydroxyl groups is 1. The topological polar surface area (TPSA) is 45.5 Å². The van der Waals surface area contributed by atoms with Gasteiger partial charge in [0.05, 0.1) is 18.7 Å². The van der Waals surface area contributed by atoms with Crippen molar-refractivity contribution in [3.63, 3.8) is 0 Å². The average molecular weight is 287 g/mol. The lowest BCUT2D eigenvalue weighted by Crippen LogP contribution is -2.63. The number of amides is 1. The number of aryl methyl sites for hydroxylation is 1. The van der Waals surface area contributed by atoms with Gasteiger partial charge in [-0.05, 0) is 28.4 Å². The quantitative estimate of drug-likeness (QED) is 0.893. The zero-order chi connectivity index (χ0) is 11.9. The Balaban J connectivity index is 2.08. The minimum Gasteiger partial charge on any atom is -0.386 e. The molecule has 0 aromatic carbocycles. The molecule has 4 nitrogen and oxygen atoms in total. The molecule has 1 saturated heterocycles. The molecular weight excluding hydrogens is 272 g/mol. The summed E-state index contributed by atoms with van der Waals surface area (Å²) in [5, 5.41) is 9.85. The van der Waals surface area contributed by atoms with Crippen LogP contribution in [-0.2, 0) is 7.05 Å². The summed E-state index contributed by atoms with van der Waals surface area (Å²) in [7, 11) is 1.84.